The first-order valence-corrected chi connectivity index (χ1v) is 18.5. The van der Waals surface area contributed by atoms with Gasteiger partial charge in [0.05, 0.1) is 11.3 Å². The number of benzene rings is 3. The maximum absolute atomic E-state index is 13.0. The summed E-state index contributed by atoms with van der Waals surface area (Å²) in [4.78, 5) is 31.5. The molecule has 1 aliphatic rings. The standard InChI is InChI=1S/C36H32ClN7O2.3C2H6/c1-23-4-7-26(21-32(23)45)36(46)43-19-17-42(18-20-43)22-24-5-12-28(13-6-24)44-34(29-3-2-16-39-33(29)38)41-31-15-14-30(40-35(31)44)25-8-10-27(37)11-9-25;3*1-2/h2-16,21,45H,17-20,22H2,1H3,(H2,38,39);3*1-2H3. The van der Waals surface area contributed by atoms with Crippen LogP contribution in [0.5, 0.6) is 5.75 Å². The topological polar surface area (TPSA) is 113 Å². The van der Waals surface area contributed by atoms with E-state index in [1.165, 1.54) is 0 Å². The number of hydrogen-bond acceptors (Lipinski definition) is 7. The molecule has 4 heterocycles. The third-order valence-corrected chi connectivity index (χ3v) is 8.69. The molecule has 1 saturated heterocycles. The Morgan fingerprint density at radius 3 is 2.13 bits per heavy atom. The number of nitrogens with zero attached hydrogens (tertiary/aromatic N) is 6. The van der Waals surface area contributed by atoms with Gasteiger partial charge in [0.15, 0.2) is 11.5 Å². The van der Waals surface area contributed by atoms with E-state index < -0.39 is 0 Å². The Labute approximate surface area is 312 Å². The van der Waals surface area contributed by atoms with Crippen molar-refractivity contribution in [3.8, 4) is 34.1 Å². The molecule has 3 aromatic carbocycles. The SMILES string of the molecule is CC.CC.CC.Cc1ccc(C(=O)N2CCN(Cc3ccc(-n4c(-c5cccnc5N)nc5ccc(-c6ccc(Cl)cc6)nc54)cc3)CC2)cc1O. The first-order chi connectivity index (χ1) is 25.3. The number of pyridine rings is 2. The van der Waals surface area contributed by atoms with Gasteiger partial charge in [-0.25, -0.2) is 15.0 Å². The van der Waals surface area contributed by atoms with Crippen LogP contribution in [0.2, 0.25) is 5.02 Å². The number of imidazole rings is 1. The van der Waals surface area contributed by atoms with Gasteiger partial charge in [-0.1, -0.05) is 83.5 Å². The monoisotopic (exact) mass is 719 g/mol. The molecule has 1 fully saturated rings. The molecule has 10 heteroatoms. The molecular formula is C42H50ClN7O2. The van der Waals surface area contributed by atoms with Crippen LogP contribution in [-0.2, 0) is 6.54 Å². The second kappa shape index (κ2) is 18.8. The van der Waals surface area contributed by atoms with Crippen LogP contribution >= 0.6 is 11.6 Å². The number of anilines is 1. The number of hydrogen-bond donors (Lipinski definition) is 2. The van der Waals surface area contributed by atoms with Gasteiger partial charge in [-0.2, -0.15) is 0 Å². The second-order valence-electron chi connectivity index (χ2n) is 11.5. The normalized spacial score (nSPS) is 12.5. The molecule has 7 rings (SSSR count). The van der Waals surface area contributed by atoms with Crippen molar-refractivity contribution in [3.05, 3.63) is 119 Å². The van der Waals surface area contributed by atoms with Crippen LogP contribution in [-0.4, -0.2) is 66.5 Å². The van der Waals surface area contributed by atoms with Crippen molar-refractivity contribution < 1.29 is 9.90 Å². The van der Waals surface area contributed by atoms with Gasteiger partial charge in [0.25, 0.3) is 5.91 Å². The van der Waals surface area contributed by atoms with Crippen LogP contribution in [0.15, 0.2) is 97.2 Å². The number of carbonyl (C=O) groups excluding carboxylic acids is 1. The van der Waals surface area contributed by atoms with Crippen molar-refractivity contribution in [2.75, 3.05) is 31.9 Å². The molecule has 3 aromatic heterocycles. The minimum Gasteiger partial charge on any atom is -0.508 e. The van der Waals surface area contributed by atoms with E-state index in [0.717, 1.165) is 58.8 Å². The number of phenols is 1. The summed E-state index contributed by atoms with van der Waals surface area (Å²) < 4.78 is 2.03. The number of rotatable bonds is 6. The number of aromatic hydroxyl groups is 1. The van der Waals surface area contributed by atoms with E-state index in [1.807, 2.05) is 106 Å². The van der Waals surface area contributed by atoms with Crippen LogP contribution in [0.3, 0.4) is 0 Å². The first kappa shape index (κ1) is 39.5. The number of phenolic OH excluding ortho intramolecular Hbond substituents is 1. The van der Waals surface area contributed by atoms with Gasteiger partial charge in [0, 0.05) is 60.8 Å². The van der Waals surface area contributed by atoms with E-state index >= 15 is 0 Å². The molecular weight excluding hydrogens is 670 g/mol. The Morgan fingerprint density at radius 2 is 1.50 bits per heavy atom. The molecule has 0 atom stereocenters. The predicted octanol–water partition coefficient (Wildman–Crippen LogP) is 9.44. The number of carbonyl (C=O) groups is 1. The van der Waals surface area contributed by atoms with Gasteiger partial charge < -0.3 is 15.7 Å². The molecule has 9 nitrogen and oxygen atoms in total. The Balaban J connectivity index is 0.000000960. The van der Waals surface area contributed by atoms with Crippen LogP contribution in [0.1, 0.15) is 63.0 Å². The fraction of sp³-hybridized carbons (Fsp3) is 0.286. The summed E-state index contributed by atoms with van der Waals surface area (Å²) in [5.74, 6) is 1.15. The lowest BCUT2D eigenvalue weighted by Gasteiger charge is -2.34. The molecule has 0 saturated carbocycles. The van der Waals surface area contributed by atoms with Crippen LogP contribution in [0, 0.1) is 6.92 Å². The smallest absolute Gasteiger partial charge is 0.254 e. The highest BCUT2D eigenvalue weighted by Crippen LogP contribution is 2.32. The maximum Gasteiger partial charge on any atom is 0.254 e. The molecule has 0 unspecified atom stereocenters. The van der Waals surface area contributed by atoms with E-state index in [9.17, 15) is 9.90 Å². The Hall–Kier alpha value is -5.25. The van der Waals surface area contributed by atoms with Gasteiger partial charge >= 0.3 is 0 Å². The van der Waals surface area contributed by atoms with Crippen molar-refractivity contribution in [3.63, 3.8) is 0 Å². The van der Waals surface area contributed by atoms with Crippen LogP contribution in [0.4, 0.5) is 5.82 Å². The van der Waals surface area contributed by atoms with E-state index in [-0.39, 0.29) is 11.7 Å². The van der Waals surface area contributed by atoms with Gasteiger partial charge in [-0.3, -0.25) is 14.3 Å². The summed E-state index contributed by atoms with van der Waals surface area (Å²) in [6.45, 7) is 17.4. The third-order valence-electron chi connectivity index (χ3n) is 8.44. The van der Waals surface area contributed by atoms with Crippen molar-refractivity contribution in [1.29, 1.82) is 0 Å². The average Bonchev–Trinajstić information content (AvgIpc) is 3.57. The first-order valence-electron chi connectivity index (χ1n) is 18.1. The fourth-order valence-electron chi connectivity index (χ4n) is 5.81. The number of amides is 1. The minimum absolute atomic E-state index is 0.0512. The lowest BCUT2D eigenvalue weighted by Crippen LogP contribution is -2.48. The Kier molecular flexibility index (Phi) is 14.3. The summed E-state index contributed by atoms with van der Waals surface area (Å²) in [5.41, 5.74) is 13.6. The quantitative estimate of drug-likeness (QED) is 0.176. The van der Waals surface area contributed by atoms with E-state index in [2.05, 4.69) is 34.1 Å². The third kappa shape index (κ3) is 8.96. The average molecular weight is 720 g/mol. The zero-order valence-electron chi connectivity index (χ0n) is 31.3. The Morgan fingerprint density at radius 1 is 0.827 bits per heavy atom. The highest BCUT2D eigenvalue weighted by Gasteiger charge is 2.23. The van der Waals surface area contributed by atoms with E-state index in [0.29, 0.717) is 41.0 Å². The molecule has 0 radical (unpaired) electrons. The number of fused-ring (bicyclic) bond motifs is 1. The van der Waals surface area contributed by atoms with Crippen molar-refractivity contribution in [2.45, 2.75) is 55.0 Å². The molecule has 1 amide bonds. The molecule has 52 heavy (non-hydrogen) atoms. The van der Waals surface area contributed by atoms with E-state index in [1.54, 1.807) is 24.4 Å². The largest absolute Gasteiger partial charge is 0.508 e. The second-order valence-corrected chi connectivity index (χ2v) is 11.9. The molecule has 272 valence electrons. The number of halogens is 1. The molecule has 0 bridgehead atoms. The summed E-state index contributed by atoms with van der Waals surface area (Å²) >= 11 is 6.13. The number of nitrogens with two attached hydrogens (primary N) is 1. The zero-order valence-corrected chi connectivity index (χ0v) is 32.0. The molecule has 0 spiro atoms. The predicted molar refractivity (Wildman–Crippen MR) is 215 cm³/mol. The van der Waals surface area contributed by atoms with Crippen molar-refractivity contribution in [2.24, 2.45) is 0 Å². The lowest BCUT2D eigenvalue weighted by atomic mass is 10.1. The van der Waals surface area contributed by atoms with Gasteiger partial charge in [0.2, 0.25) is 0 Å². The van der Waals surface area contributed by atoms with Crippen molar-refractivity contribution >= 4 is 34.5 Å². The highest BCUT2D eigenvalue weighted by atomic mass is 35.5. The highest BCUT2D eigenvalue weighted by molar-refractivity contribution is 6.30. The summed E-state index contributed by atoms with van der Waals surface area (Å²) in [5, 5.41) is 10.7. The molecule has 1 aliphatic heterocycles. The van der Waals surface area contributed by atoms with Crippen LogP contribution < -0.4 is 5.73 Å². The van der Waals surface area contributed by atoms with Gasteiger partial charge in [-0.05, 0) is 78.7 Å². The molecule has 6 aromatic rings. The van der Waals surface area contributed by atoms with Crippen molar-refractivity contribution in [1.82, 2.24) is 29.3 Å². The number of piperazine rings is 1. The van der Waals surface area contributed by atoms with Gasteiger partial charge in [0.1, 0.15) is 17.1 Å². The lowest BCUT2D eigenvalue weighted by molar-refractivity contribution is 0.0628. The van der Waals surface area contributed by atoms with Crippen LogP contribution in [0.25, 0.3) is 39.5 Å². The molecule has 3 N–H and O–H groups in total. The number of aromatic nitrogens is 4. The van der Waals surface area contributed by atoms with Gasteiger partial charge in [-0.15, -0.1) is 0 Å². The fourth-order valence-corrected chi connectivity index (χ4v) is 5.94. The molecule has 0 aliphatic carbocycles. The minimum atomic E-state index is -0.0512. The van der Waals surface area contributed by atoms with E-state index in [4.69, 9.17) is 27.3 Å². The number of aryl methyl sites for hydroxylation is 1. The summed E-state index contributed by atoms with van der Waals surface area (Å²) in [7, 11) is 0. The summed E-state index contributed by atoms with van der Waals surface area (Å²) in [6.07, 6.45) is 1.67. The Bertz CT molecular complexity index is 2050. The maximum atomic E-state index is 13.0. The summed E-state index contributed by atoms with van der Waals surface area (Å²) in [6, 6.07) is 28.8. The zero-order chi connectivity index (χ0) is 37.8. The number of nitrogen functional groups attached to an aromatic ring is 1.